The van der Waals surface area contributed by atoms with Crippen LogP contribution in [0, 0.1) is 0 Å². The zero-order chi connectivity index (χ0) is 32.6. The summed E-state index contributed by atoms with van der Waals surface area (Å²) in [5.74, 6) is -5.77. The van der Waals surface area contributed by atoms with Gasteiger partial charge >= 0.3 is 31.4 Å². The van der Waals surface area contributed by atoms with Crippen molar-refractivity contribution in [3.05, 3.63) is 52.6 Å². The van der Waals surface area contributed by atoms with E-state index in [0.717, 1.165) is 0 Å². The molecule has 2 aromatic rings. The first-order chi connectivity index (χ1) is 19.4. The van der Waals surface area contributed by atoms with E-state index < -0.39 is 89.2 Å². The van der Waals surface area contributed by atoms with Gasteiger partial charge in [-0.25, -0.2) is 5.32 Å². The molecule has 0 aliphatic carbocycles. The Hall–Kier alpha value is -3.29. The first-order valence-electron chi connectivity index (χ1n) is 11.4. The van der Waals surface area contributed by atoms with Crippen LogP contribution in [-0.2, 0) is 17.1 Å². The lowest BCUT2D eigenvalue weighted by Crippen LogP contribution is -2.31. The number of hydrogen-bond acceptors (Lipinski definition) is 4. The van der Waals surface area contributed by atoms with E-state index in [0.29, 0.717) is 0 Å². The summed E-state index contributed by atoms with van der Waals surface area (Å²) in [4.78, 5) is 0. The zero-order valence-corrected chi connectivity index (χ0v) is 20.6. The number of halogens is 15. The summed E-state index contributed by atoms with van der Waals surface area (Å²) in [5.41, 5.74) is -7.21. The fourth-order valence-corrected chi connectivity index (χ4v) is 4.01. The molecule has 1 unspecified atom stereocenters. The van der Waals surface area contributed by atoms with Gasteiger partial charge in [-0.2, -0.15) is 26.3 Å². The lowest BCUT2D eigenvalue weighted by atomic mass is 9.92. The highest BCUT2D eigenvalue weighted by molar-refractivity contribution is 5.56. The van der Waals surface area contributed by atoms with Gasteiger partial charge in [0, 0.05) is 25.2 Å². The van der Waals surface area contributed by atoms with Crippen molar-refractivity contribution in [2.45, 2.75) is 56.5 Å². The standard InChI is InChI=1S/C23H15F15NO4/c24-19(25,26)10-1-2-13(14(7-10)20(27,28)29)18(40-11-3-5-39-6-4-11)17-15(42-22(33,34)35)8-12(41-21(30,31)32)9-16(17)43-23(36,37)38/h1-2,7-9,11,18H,3-6H2. The maximum atomic E-state index is 14.1. The molecule has 0 bridgehead atoms. The fourth-order valence-electron chi connectivity index (χ4n) is 4.01. The fraction of sp³-hybridized carbons (Fsp3) is 0.478. The summed E-state index contributed by atoms with van der Waals surface area (Å²) in [6, 6.07) is -0.810. The Morgan fingerprint density at radius 3 is 1.53 bits per heavy atom. The second-order valence-corrected chi connectivity index (χ2v) is 8.66. The van der Waals surface area contributed by atoms with E-state index >= 15 is 0 Å². The van der Waals surface area contributed by atoms with Crippen molar-refractivity contribution >= 4 is 0 Å². The highest BCUT2D eigenvalue weighted by Crippen LogP contribution is 2.50. The van der Waals surface area contributed by atoms with Crippen LogP contribution < -0.4 is 19.5 Å². The first kappa shape index (κ1) is 34.2. The molecular formula is C23H15F15NO4. The number of rotatable bonds is 7. The molecule has 1 fully saturated rings. The van der Waals surface area contributed by atoms with E-state index in [9.17, 15) is 65.9 Å². The van der Waals surface area contributed by atoms with Gasteiger partial charge in [-0.15, -0.1) is 39.5 Å². The highest BCUT2D eigenvalue weighted by atomic mass is 19.4. The molecule has 0 N–H and O–H groups in total. The van der Waals surface area contributed by atoms with Crippen LogP contribution in [0.25, 0.3) is 0 Å². The monoisotopic (exact) mass is 654 g/mol. The molecule has 1 aliphatic heterocycles. The number of alkyl halides is 15. The summed E-state index contributed by atoms with van der Waals surface area (Å²) in [6.07, 6.45) is -32.9. The Kier molecular flexibility index (Phi) is 9.55. The largest absolute Gasteiger partial charge is 0.573 e. The summed E-state index contributed by atoms with van der Waals surface area (Å²) in [5, 5.41) is 3.90. The number of hydrogen-bond donors (Lipinski definition) is 0. The van der Waals surface area contributed by atoms with Crippen molar-refractivity contribution in [2.75, 3.05) is 13.1 Å². The second-order valence-electron chi connectivity index (χ2n) is 8.66. The summed E-state index contributed by atoms with van der Waals surface area (Å²) in [7, 11) is 0. The maximum Gasteiger partial charge on any atom is 0.573 e. The average Bonchev–Trinajstić information content (AvgIpc) is 2.79. The SMILES string of the molecule is FC(F)(F)Oc1cc(OC(F)(F)F)c(C(OC2CC[N]CC2)c2ccc(C(F)(F)F)cc2C(F)(F)F)c(OC(F)(F)F)c1. The number of ether oxygens (including phenoxy) is 4. The minimum absolute atomic E-state index is 0.0350. The van der Waals surface area contributed by atoms with Crippen molar-refractivity contribution in [1.29, 1.82) is 0 Å². The molecule has 20 heteroatoms. The van der Waals surface area contributed by atoms with Crippen molar-refractivity contribution < 1.29 is 84.8 Å². The Morgan fingerprint density at radius 1 is 0.628 bits per heavy atom. The van der Waals surface area contributed by atoms with E-state index in [-0.39, 0.29) is 50.2 Å². The Morgan fingerprint density at radius 2 is 1.12 bits per heavy atom. The van der Waals surface area contributed by atoms with Gasteiger partial charge in [0.15, 0.2) is 0 Å². The molecule has 1 radical (unpaired) electrons. The van der Waals surface area contributed by atoms with Crippen molar-refractivity contribution in [1.82, 2.24) is 5.32 Å². The smallest absolute Gasteiger partial charge is 0.406 e. The van der Waals surface area contributed by atoms with Gasteiger partial charge in [0.25, 0.3) is 0 Å². The van der Waals surface area contributed by atoms with Crippen molar-refractivity contribution in [3.63, 3.8) is 0 Å². The van der Waals surface area contributed by atoms with Gasteiger partial charge in [0.2, 0.25) is 0 Å². The third-order valence-electron chi connectivity index (χ3n) is 5.54. The van der Waals surface area contributed by atoms with Gasteiger partial charge < -0.3 is 18.9 Å². The molecule has 0 spiro atoms. The van der Waals surface area contributed by atoms with Gasteiger partial charge in [-0.05, 0) is 30.5 Å². The van der Waals surface area contributed by atoms with Gasteiger partial charge in [0.05, 0.1) is 22.8 Å². The predicted molar refractivity (Wildman–Crippen MR) is 111 cm³/mol. The lowest BCUT2D eigenvalue weighted by Gasteiger charge is -2.32. The van der Waals surface area contributed by atoms with Crippen molar-refractivity contribution in [2.24, 2.45) is 0 Å². The molecule has 1 atom stereocenters. The summed E-state index contributed by atoms with van der Waals surface area (Å²) in [6.45, 7) is -0.0700. The molecule has 0 saturated carbocycles. The van der Waals surface area contributed by atoms with Crippen molar-refractivity contribution in [3.8, 4) is 17.2 Å². The normalized spacial score (nSPS) is 16.6. The molecule has 1 saturated heterocycles. The highest BCUT2D eigenvalue weighted by Gasteiger charge is 2.45. The van der Waals surface area contributed by atoms with Crippen LogP contribution in [0.2, 0.25) is 0 Å². The molecule has 1 aliphatic rings. The Bertz CT molecular complexity index is 1220. The molecule has 0 amide bonds. The molecule has 0 aromatic heterocycles. The molecule has 241 valence electrons. The van der Waals surface area contributed by atoms with Crippen LogP contribution in [0.5, 0.6) is 17.2 Å². The topological polar surface area (TPSA) is 51.0 Å². The first-order valence-corrected chi connectivity index (χ1v) is 11.4. The summed E-state index contributed by atoms with van der Waals surface area (Å²) >= 11 is 0. The van der Waals surface area contributed by atoms with Crippen LogP contribution in [0.1, 0.15) is 41.2 Å². The van der Waals surface area contributed by atoms with Crippen LogP contribution in [0.15, 0.2) is 30.3 Å². The number of benzene rings is 2. The number of piperidine rings is 1. The van der Waals surface area contributed by atoms with E-state index in [4.69, 9.17) is 4.74 Å². The third kappa shape index (κ3) is 9.87. The maximum absolute atomic E-state index is 14.1. The third-order valence-corrected chi connectivity index (χ3v) is 5.54. The minimum atomic E-state index is -5.89. The molecule has 43 heavy (non-hydrogen) atoms. The molecular weight excluding hydrogens is 639 g/mol. The van der Waals surface area contributed by atoms with E-state index in [1.807, 2.05) is 0 Å². The van der Waals surface area contributed by atoms with Crippen LogP contribution in [0.4, 0.5) is 65.9 Å². The minimum Gasteiger partial charge on any atom is -0.406 e. The molecule has 5 nitrogen and oxygen atoms in total. The van der Waals surface area contributed by atoms with Crippen LogP contribution in [-0.4, -0.2) is 38.3 Å². The predicted octanol–water partition coefficient (Wildman–Crippen LogP) is 8.29. The second kappa shape index (κ2) is 12.0. The molecule has 3 rings (SSSR count). The van der Waals surface area contributed by atoms with Gasteiger partial charge in [0.1, 0.15) is 23.4 Å². The van der Waals surface area contributed by atoms with Gasteiger partial charge in [-0.1, -0.05) is 6.07 Å². The lowest BCUT2D eigenvalue weighted by molar-refractivity contribution is -0.279. The van der Waals surface area contributed by atoms with E-state index in [1.54, 1.807) is 0 Å². The van der Waals surface area contributed by atoms with Crippen LogP contribution >= 0.6 is 0 Å². The summed E-state index contributed by atoms with van der Waals surface area (Å²) < 4.78 is 216. The quantitative estimate of drug-likeness (QED) is 0.282. The molecule has 2 aromatic carbocycles. The Balaban J connectivity index is 2.42. The van der Waals surface area contributed by atoms with Crippen LogP contribution in [0.3, 0.4) is 0 Å². The van der Waals surface area contributed by atoms with E-state index in [2.05, 4.69) is 19.5 Å². The zero-order valence-electron chi connectivity index (χ0n) is 20.6. The van der Waals surface area contributed by atoms with E-state index in [1.165, 1.54) is 0 Å². The Labute approximate surface area is 230 Å². The average molecular weight is 654 g/mol. The number of nitrogens with zero attached hydrogens (tertiary/aromatic N) is 1. The van der Waals surface area contributed by atoms with Gasteiger partial charge in [-0.3, -0.25) is 0 Å². The molecule has 1 heterocycles.